The Hall–Kier alpha value is -1.06. The van der Waals surface area contributed by atoms with Crippen molar-refractivity contribution in [2.45, 2.75) is 44.9 Å². The number of likely N-dealkylation sites (tertiary alicyclic amines) is 1. The average Bonchev–Trinajstić information content (AvgIpc) is 2.89. The molecule has 1 heterocycles. The van der Waals surface area contributed by atoms with Gasteiger partial charge in [0, 0.05) is 13.1 Å². The van der Waals surface area contributed by atoms with Crippen molar-refractivity contribution in [3.8, 4) is 0 Å². The van der Waals surface area contributed by atoms with E-state index in [2.05, 4.69) is 0 Å². The van der Waals surface area contributed by atoms with Crippen LogP contribution in [0.15, 0.2) is 0 Å². The van der Waals surface area contributed by atoms with E-state index < -0.39 is 11.9 Å². The summed E-state index contributed by atoms with van der Waals surface area (Å²) in [4.78, 5) is 26.2. The SMILES string of the molecule is O=C(O)[C@H]1[C@@H]2CC[C@H](C2)[C@@H]1C(=O)N1CCCCCC1. The molecule has 0 aromatic heterocycles. The highest BCUT2D eigenvalue weighted by Crippen LogP contribution is 2.53. The van der Waals surface area contributed by atoms with Gasteiger partial charge >= 0.3 is 5.97 Å². The van der Waals surface area contributed by atoms with Crippen molar-refractivity contribution >= 4 is 11.9 Å². The second-order valence-electron chi connectivity index (χ2n) is 6.46. The predicted octanol–water partition coefficient (Wildman–Crippen LogP) is 2.14. The largest absolute Gasteiger partial charge is 0.481 e. The van der Waals surface area contributed by atoms with E-state index in [4.69, 9.17) is 0 Å². The average molecular weight is 265 g/mol. The van der Waals surface area contributed by atoms with Crippen molar-refractivity contribution in [3.63, 3.8) is 0 Å². The quantitative estimate of drug-likeness (QED) is 0.832. The highest BCUT2D eigenvalue weighted by atomic mass is 16.4. The van der Waals surface area contributed by atoms with Gasteiger partial charge in [-0.05, 0) is 43.9 Å². The lowest BCUT2D eigenvalue weighted by Crippen LogP contribution is -2.44. The number of nitrogens with zero attached hydrogens (tertiary/aromatic N) is 1. The molecule has 0 unspecified atom stereocenters. The van der Waals surface area contributed by atoms with Crippen LogP contribution in [0, 0.1) is 23.7 Å². The third kappa shape index (κ3) is 2.26. The maximum absolute atomic E-state index is 12.7. The van der Waals surface area contributed by atoms with Crippen LogP contribution in [0.3, 0.4) is 0 Å². The van der Waals surface area contributed by atoms with Gasteiger partial charge < -0.3 is 10.0 Å². The first-order valence-corrected chi connectivity index (χ1v) is 7.70. The lowest BCUT2D eigenvalue weighted by atomic mass is 9.78. The van der Waals surface area contributed by atoms with E-state index in [0.717, 1.165) is 45.2 Å². The van der Waals surface area contributed by atoms with E-state index in [1.54, 1.807) is 0 Å². The molecule has 4 heteroatoms. The zero-order chi connectivity index (χ0) is 13.4. The monoisotopic (exact) mass is 265 g/mol. The molecule has 2 aliphatic carbocycles. The number of carbonyl (C=O) groups is 2. The smallest absolute Gasteiger partial charge is 0.307 e. The molecular formula is C15H23NO3. The molecule has 0 radical (unpaired) electrons. The van der Waals surface area contributed by atoms with E-state index in [-0.39, 0.29) is 17.7 Å². The minimum atomic E-state index is -0.750. The third-order valence-electron chi connectivity index (χ3n) is 5.40. The highest BCUT2D eigenvalue weighted by Gasteiger charge is 2.54. The summed E-state index contributed by atoms with van der Waals surface area (Å²) in [7, 11) is 0. The number of hydrogen-bond donors (Lipinski definition) is 1. The molecule has 1 aliphatic heterocycles. The van der Waals surface area contributed by atoms with Crippen LogP contribution < -0.4 is 0 Å². The molecule has 106 valence electrons. The number of fused-ring (bicyclic) bond motifs is 2. The lowest BCUT2D eigenvalue weighted by molar-refractivity contribution is -0.152. The van der Waals surface area contributed by atoms with Crippen LogP contribution in [0.25, 0.3) is 0 Å². The standard InChI is InChI=1S/C15H23NO3/c17-14(16-7-3-1-2-4-8-16)12-10-5-6-11(9-10)13(12)15(18)19/h10-13H,1-9H2,(H,18,19)/t10-,11-,12+,13+/m1/s1. The van der Waals surface area contributed by atoms with Crippen molar-refractivity contribution in [1.29, 1.82) is 0 Å². The van der Waals surface area contributed by atoms with E-state index >= 15 is 0 Å². The molecule has 1 N–H and O–H groups in total. The number of rotatable bonds is 2. The Morgan fingerprint density at radius 2 is 1.47 bits per heavy atom. The summed E-state index contributed by atoms with van der Waals surface area (Å²) in [5.74, 6) is -0.656. The summed E-state index contributed by atoms with van der Waals surface area (Å²) < 4.78 is 0. The first-order valence-electron chi connectivity index (χ1n) is 7.70. The van der Waals surface area contributed by atoms with E-state index in [9.17, 15) is 14.7 Å². The molecule has 3 rings (SSSR count). The molecule has 4 nitrogen and oxygen atoms in total. The number of carbonyl (C=O) groups excluding carboxylic acids is 1. The molecule has 2 saturated carbocycles. The van der Waals surface area contributed by atoms with Gasteiger partial charge in [0.2, 0.25) is 5.91 Å². The minimum absolute atomic E-state index is 0.140. The summed E-state index contributed by atoms with van der Waals surface area (Å²) in [6.45, 7) is 1.66. The van der Waals surface area contributed by atoms with Crippen LogP contribution in [0.4, 0.5) is 0 Å². The Morgan fingerprint density at radius 1 is 0.895 bits per heavy atom. The third-order valence-corrected chi connectivity index (χ3v) is 5.40. The van der Waals surface area contributed by atoms with Gasteiger partial charge in [0.05, 0.1) is 11.8 Å². The van der Waals surface area contributed by atoms with Crippen molar-refractivity contribution in [3.05, 3.63) is 0 Å². The van der Waals surface area contributed by atoms with Gasteiger partial charge in [-0.3, -0.25) is 9.59 Å². The number of aliphatic carboxylic acids is 1. The van der Waals surface area contributed by atoms with Gasteiger partial charge in [0.25, 0.3) is 0 Å². The van der Waals surface area contributed by atoms with Crippen molar-refractivity contribution in [2.75, 3.05) is 13.1 Å². The van der Waals surface area contributed by atoms with Gasteiger partial charge in [-0.25, -0.2) is 0 Å². The van der Waals surface area contributed by atoms with Gasteiger partial charge in [0.15, 0.2) is 0 Å². The Bertz CT molecular complexity index is 374. The fraction of sp³-hybridized carbons (Fsp3) is 0.867. The van der Waals surface area contributed by atoms with Gasteiger partial charge in [-0.15, -0.1) is 0 Å². The maximum Gasteiger partial charge on any atom is 0.307 e. The Balaban J connectivity index is 1.76. The summed E-state index contributed by atoms with van der Waals surface area (Å²) in [5.41, 5.74) is 0. The topological polar surface area (TPSA) is 57.6 Å². The van der Waals surface area contributed by atoms with Crippen LogP contribution in [0.2, 0.25) is 0 Å². The Kier molecular flexibility index (Phi) is 3.50. The molecule has 4 atom stereocenters. The van der Waals surface area contributed by atoms with E-state index in [1.165, 1.54) is 12.8 Å². The van der Waals surface area contributed by atoms with E-state index in [0.29, 0.717) is 5.92 Å². The number of carboxylic acids is 1. The molecule has 0 aromatic carbocycles. The summed E-state index contributed by atoms with van der Waals surface area (Å²) in [6, 6.07) is 0. The maximum atomic E-state index is 12.7. The van der Waals surface area contributed by atoms with Crippen molar-refractivity contribution < 1.29 is 14.7 Å². The zero-order valence-corrected chi connectivity index (χ0v) is 11.4. The number of amides is 1. The molecule has 3 aliphatic rings. The predicted molar refractivity (Wildman–Crippen MR) is 70.5 cm³/mol. The first-order chi connectivity index (χ1) is 9.18. The molecule has 0 spiro atoms. The highest BCUT2D eigenvalue weighted by molar-refractivity contribution is 5.86. The van der Waals surface area contributed by atoms with E-state index in [1.807, 2.05) is 4.90 Å². The van der Waals surface area contributed by atoms with Gasteiger partial charge in [-0.1, -0.05) is 12.8 Å². The van der Waals surface area contributed by atoms with Crippen LogP contribution >= 0.6 is 0 Å². The van der Waals surface area contributed by atoms with Crippen LogP contribution in [-0.4, -0.2) is 35.0 Å². The van der Waals surface area contributed by atoms with Crippen LogP contribution in [0.1, 0.15) is 44.9 Å². The number of carboxylic acid groups (broad SMARTS) is 1. The van der Waals surface area contributed by atoms with Crippen LogP contribution in [0.5, 0.6) is 0 Å². The summed E-state index contributed by atoms with van der Waals surface area (Å²) in [6.07, 6.45) is 7.56. The Labute approximate surface area is 114 Å². The lowest BCUT2D eigenvalue weighted by Gasteiger charge is -2.32. The number of hydrogen-bond acceptors (Lipinski definition) is 2. The van der Waals surface area contributed by atoms with Gasteiger partial charge in [-0.2, -0.15) is 0 Å². The van der Waals surface area contributed by atoms with Crippen LogP contribution in [-0.2, 0) is 9.59 Å². The second kappa shape index (κ2) is 5.14. The second-order valence-corrected chi connectivity index (χ2v) is 6.46. The molecule has 1 amide bonds. The summed E-state index contributed by atoms with van der Waals surface area (Å²) >= 11 is 0. The fourth-order valence-electron chi connectivity index (χ4n) is 4.50. The molecule has 1 saturated heterocycles. The van der Waals surface area contributed by atoms with Gasteiger partial charge in [0.1, 0.15) is 0 Å². The Morgan fingerprint density at radius 3 is 2.05 bits per heavy atom. The zero-order valence-electron chi connectivity index (χ0n) is 11.4. The van der Waals surface area contributed by atoms with Crippen molar-refractivity contribution in [1.82, 2.24) is 4.90 Å². The molecule has 3 fully saturated rings. The fourth-order valence-corrected chi connectivity index (χ4v) is 4.50. The summed E-state index contributed by atoms with van der Waals surface area (Å²) in [5, 5.41) is 9.44. The molecule has 0 aromatic rings. The normalized spacial score (nSPS) is 38.2. The van der Waals surface area contributed by atoms with Crippen molar-refractivity contribution in [2.24, 2.45) is 23.7 Å². The molecule has 2 bridgehead atoms. The molecule has 19 heavy (non-hydrogen) atoms. The molecular weight excluding hydrogens is 242 g/mol. The first kappa shape index (κ1) is 12.9. The minimum Gasteiger partial charge on any atom is -0.481 e.